The minimum atomic E-state index is -0.431. The molecule has 0 heterocycles. The first kappa shape index (κ1) is 17.7. The van der Waals surface area contributed by atoms with E-state index in [-0.39, 0.29) is 35.9 Å². The van der Waals surface area contributed by atoms with Crippen LogP contribution in [-0.2, 0) is 9.53 Å². The Morgan fingerprint density at radius 3 is 1.96 bits per heavy atom. The van der Waals surface area contributed by atoms with E-state index in [9.17, 15) is 14.4 Å². The highest BCUT2D eigenvalue weighted by Gasteiger charge is 2.54. The first-order valence-corrected chi connectivity index (χ1v) is 9.49. The molecule has 27 heavy (non-hydrogen) atoms. The second-order valence-corrected chi connectivity index (χ2v) is 7.51. The van der Waals surface area contributed by atoms with Gasteiger partial charge in [0, 0.05) is 17.0 Å². The SMILES string of the molecule is O=C(COC(=O)[C@H]1[C@H]2CC[C@@H](C2)[C@@H]1C(=O)c1ccccc1)c1ccccc1. The van der Waals surface area contributed by atoms with E-state index in [1.807, 2.05) is 24.3 Å². The van der Waals surface area contributed by atoms with Crippen LogP contribution < -0.4 is 0 Å². The quantitative estimate of drug-likeness (QED) is 0.576. The number of esters is 1. The molecule has 2 aliphatic carbocycles. The first-order chi connectivity index (χ1) is 13.1. The topological polar surface area (TPSA) is 60.4 Å². The summed E-state index contributed by atoms with van der Waals surface area (Å²) in [5, 5.41) is 0. The predicted octanol–water partition coefficient (Wildman–Crippen LogP) is 3.96. The second kappa shape index (κ2) is 7.47. The van der Waals surface area contributed by atoms with Crippen LogP contribution in [0.1, 0.15) is 40.0 Å². The molecular weight excluding hydrogens is 340 g/mol. The lowest BCUT2D eigenvalue weighted by atomic mass is 9.75. The first-order valence-electron chi connectivity index (χ1n) is 9.49. The average molecular weight is 362 g/mol. The number of rotatable bonds is 6. The predicted molar refractivity (Wildman–Crippen MR) is 100 cm³/mol. The van der Waals surface area contributed by atoms with Gasteiger partial charge in [0.1, 0.15) is 0 Å². The van der Waals surface area contributed by atoms with Gasteiger partial charge < -0.3 is 4.74 Å². The molecule has 0 radical (unpaired) electrons. The molecule has 4 nitrogen and oxygen atoms in total. The highest BCUT2D eigenvalue weighted by Crippen LogP contribution is 2.53. The van der Waals surface area contributed by atoms with Crippen molar-refractivity contribution < 1.29 is 19.1 Å². The summed E-state index contributed by atoms with van der Waals surface area (Å²) in [5.41, 5.74) is 1.17. The maximum atomic E-state index is 13.0. The van der Waals surface area contributed by atoms with Gasteiger partial charge in [-0.2, -0.15) is 0 Å². The lowest BCUT2D eigenvalue weighted by molar-refractivity contribution is -0.150. The molecule has 4 rings (SSSR count). The number of fused-ring (bicyclic) bond motifs is 2. The number of benzene rings is 2. The van der Waals surface area contributed by atoms with Crippen molar-refractivity contribution in [2.24, 2.45) is 23.7 Å². The van der Waals surface area contributed by atoms with Crippen LogP contribution in [0.4, 0.5) is 0 Å². The molecule has 2 bridgehead atoms. The van der Waals surface area contributed by atoms with Gasteiger partial charge in [-0.3, -0.25) is 14.4 Å². The van der Waals surface area contributed by atoms with Crippen LogP contribution in [0.25, 0.3) is 0 Å². The second-order valence-electron chi connectivity index (χ2n) is 7.51. The molecule has 0 unspecified atom stereocenters. The average Bonchev–Trinajstić information content (AvgIpc) is 3.34. The zero-order chi connectivity index (χ0) is 18.8. The summed E-state index contributed by atoms with van der Waals surface area (Å²) in [4.78, 5) is 38.0. The highest BCUT2D eigenvalue weighted by atomic mass is 16.5. The van der Waals surface area contributed by atoms with Gasteiger partial charge in [0.2, 0.25) is 0 Å². The number of hydrogen-bond donors (Lipinski definition) is 0. The molecule has 0 aromatic heterocycles. The van der Waals surface area contributed by atoms with Crippen LogP contribution >= 0.6 is 0 Å². The molecule has 0 amide bonds. The largest absolute Gasteiger partial charge is 0.457 e. The van der Waals surface area contributed by atoms with Crippen molar-refractivity contribution in [3.63, 3.8) is 0 Å². The zero-order valence-corrected chi connectivity index (χ0v) is 15.0. The van der Waals surface area contributed by atoms with Gasteiger partial charge in [0.15, 0.2) is 18.2 Å². The lowest BCUT2D eigenvalue weighted by Crippen LogP contribution is -2.36. The van der Waals surface area contributed by atoms with Crippen LogP contribution in [0.3, 0.4) is 0 Å². The third kappa shape index (κ3) is 3.44. The molecule has 0 spiro atoms. The third-order valence-corrected chi connectivity index (χ3v) is 5.99. The summed E-state index contributed by atoms with van der Waals surface area (Å²) >= 11 is 0. The molecule has 2 aromatic rings. The van der Waals surface area contributed by atoms with Crippen molar-refractivity contribution in [3.8, 4) is 0 Å². The fourth-order valence-electron chi connectivity index (χ4n) is 4.74. The minimum Gasteiger partial charge on any atom is -0.457 e. The van der Waals surface area contributed by atoms with E-state index in [1.165, 1.54) is 0 Å². The van der Waals surface area contributed by atoms with Gasteiger partial charge >= 0.3 is 5.97 Å². The Morgan fingerprint density at radius 2 is 1.33 bits per heavy atom. The van der Waals surface area contributed by atoms with E-state index < -0.39 is 11.9 Å². The number of carbonyl (C=O) groups excluding carboxylic acids is 3. The van der Waals surface area contributed by atoms with Crippen LogP contribution in [0.2, 0.25) is 0 Å². The monoisotopic (exact) mass is 362 g/mol. The van der Waals surface area contributed by atoms with Crippen LogP contribution in [0.15, 0.2) is 60.7 Å². The summed E-state index contributed by atoms with van der Waals surface area (Å²) in [6, 6.07) is 17.9. The van der Waals surface area contributed by atoms with Crippen molar-refractivity contribution in [2.75, 3.05) is 6.61 Å². The molecule has 2 aromatic carbocycles. The van der Waals surface area contributed by atoms with Crippen molar-refractivity contribution in [1.82, 2.24) is 0 Å². The van der Waals surface area contributed by atoms with Crippen LogP contribution in [0.5, 0.6) is 0 Å². The van der Waals surface area contributed by atoms with Gasteiger partial charge in [-0.25, -0.2) is 0 Å². The molecule has 2 aliphatic rings. The number of Topliss-reactive ketones (excluding diaryl/α,β-unsaturated/α-hetero) is 2. The molecule has 4 atom stereocenters. The van der Waals surface area contributed by atoms with Crippen molar-refractivity contribution in [3.05, 3.63) is 71.8 Å². The van der Waals surface area contributed by atoms with Gasteiger partial charge in [-0.05, 0) is 31.1 Å². The molecule has 138 valence electrons. The minimum absolute atomic E-state index is 0.0270. The molecule has 4 heteroatoms. The summed E-state index contributed by atoms with van der Waals surface area (Å²) in [6.45, 7) is -0.275. The Morgan fingerprint density at radius 1 is 0.778 bits per heavy atom. The maximum Gasteiger partial charge on any atom is 0.310 e. The number of carbonyl (C=O) groups is 3. The van der Waals surface area contributed by atoms with Gasteiger partial charge in [0.05, 0.1) is 5.92 Å². The fourth-order valence-corrected chi connectivity index (χ4v) is 4.74. The summed E-state index contributed by atoms with van der Waals surface area (Å²) in [6.07, 6.45) is 2.84. The van der Waals surface area contributed by atoms with E-state index in [1.54, 1.807) is 36.4 Å². The standard InChI is InChI=1S/C23H22O4/c24-19(15-7-3-1-4-8-15)14-27-23(26)21-18-12-11-17(13-18)20(21)22(25)16-9-5-2-6-10-16/h1-10,17-18,20-21H,11-14H2/t17-,18-,20-,21-/m0/s1. The molecule has 2 fully saturated rings. The zero-order valence-electron chi connectivity index (χ0n) is 15.0. The molecule has 2 saturated carbocycles. The third-order valence-electron chi connectivity index (χ3n) is 5.99. The Balaban J connectivity index is 1.47. The van der Waals surface area contributed by atoms with E-state index in [2.05, 4.69) is 0 Å². The molecule has 0 N–H and O–H groups in total. The van der Waals surface area contributed by atoms with Crippen LogP contribution in [0, 0.1) is 23.7 Å². The molecule has 0 aliphatic heterocycles. The van der Waals surface area contributed by atoms with Crippen molar-refractivity contribution >= 4 is 17.5 Å². The van der Waals surface area contributed by atoms with Crippen molar-refractivity contribution in [2.45, 2.75) is 19.3 Å². The molecular formula is C23H22O4. The Hall–Kier alpha value is -2.75. The smallest absolute Gasteiger partial charge is 0.310 e. The Labute approximate surface area is 158 Å². The van der Waals surface area contributed by atoms with Gasteiger partial charge in [-0.15, -0.1) is 0 Å². The van der Waals surface area contributed by atoms with Gasteiger partial charge in [-0.1, -0.05) is 60.7 Å². The highest BCUT2D eigenvalue weighted by molar-refractivity contribution is 6.01. The Kier molecular flexibility index (Phi) is 4.88. The number of ketones is 2. The number of hydrogen-bond acceptors (Lipinski definition) is 4. The lowest BCUT2D eigenvalue weighted by Gasteiger charge is -2.28. The fraction of sp³-hybridized carbons (Fsp3) is 0.348. The maximum absolute atomic E-state index is 13.0. The Bertz CT molecular complexity index is 843. The summed E-state index contributed by atoms with van der Waals surface area (Å²) in [5.74, 6) is -0.930. The summed E-state index contributed by atoms with van der Waals surface area (Å²) < 4.78 is 5.37. The van der Waals surface area contributed by atoms with E-state index in [4.69, 9.17) is 4.74 Å². The van der Waals surface area contributed by atoms with Gasteiger partial charge in [0.25, 0.3) is 0 Å². The summed E-state index contributed by atoms with van der Waals surface area (Å²) in [7, 11) is 0. The van der Waals surface area contributed by atoms with Crippen molar-refractivity contribution in [1.29, 1.82) is 0 Å². The molecule has 0 saturated heterocycles. The van der Waals surface area contributed by atoms with E-state index in [0.29, 0.717) is 11.1 Å². The van der Waals surface area contributed by atoms with Crippen LogP contribution in [-0.4, -0.2) is 24.1 Å². The normalized spacial score (nSPS) is 25.9. The number of ether oxygens (including phenoxy) is 1. The van der Waals surface area contributed by atoms with E-state index in [0.717, 1.165) is 19.3 Å². The van der Waals surface area contributed by atoms with E-state index >= 15 is 0 Å².